The Morgan fingerprint density at radius 1 is 1.00 bits per heavy atom. The monoisotopic (exact) mass is 355 g/mol. The normalized spacial score (nSPS) is 9.92. The second-order valence-electron chi connectivity index (χ2n) is 5.59. The molecular formula is C19H21N3O4. The number of carbonyl (C=O) groups excluding carboxylic acids is 3. The topological polar surface area (TPSA) is 96.5 Å². The number of urea groups is 1. The van der Waals surface area contributed by atoms with Crippen LogP contribution in [0.15, 0.2) is 48.5 Å². The lowest BCUT2D eigenvalue weighted by Gasteiger charge is -2.11. The van der Waals surface area contributed by atoms with Crippen LogP contribution in [0.3, 0.4) is 0 Å². The summed E-state index contributed by atoms with van der Waals surface area (Å²) in [6.07, 6.45) is 0. The Balaban J connectivity index is 1.83. The Kier molecular flexibility index (Phi) is 6.73. The van der Waals surface area contributed by atoms with Gasteiger partial charge in [-0.15, -0.1) is 0 Å². The molecule has 0 spiro atoms. The summed E-state index contributed by atoms with van der Waals surface area (Å²) >= 11 is 0. The van der Waals surface area contributed by atoms with Crippen molar-refractivity contribution in [3.63, 3.8) is 0 Å². The zero-order chi connectivity index (χ0) is 18.9. The molecule has 0 saturated carbocycles. The van der Waals surface area contributed by atoms with E-state index in [2.05, 4.69) is 20.7 Å². The average Bonchev–Trinajstić information content (AvgIpc) is 2.66. The van der Waals surface area contributed by atoms with Crippen molar-refractivity contribution in [2.24, 2.45) is 0 Å². The van der Waals surface area contributed by atoms with Crippen molar-refractivity contribution < 1.29 is 19.1 Å². The van der Waals surface area contributed by atoms with E-state index in [1.54, 1.807) is 19.1 Å². The molecule has 0 heterocycles. The van der Waals surface area contributed by atoms with Crippen molar-refractivity contribution in [3.8, 4) is 0 Å². The maximum absolute atomic E-state index is 12.0. The summed E-state index contributed by atoms with van der Waals surface area (Å²) in [7, 11) is 1.29. The highest BCUT2D eigenvalue weighted by Gasteiger charge is 2.11. The number of esters is 1. The molecule has 2 aromatic rings. The first-order chi connectivity index (χ1) is 12.5. The number of anilines is 1. The summed E-state index contributed by atoms with van der Waals surface area (Å²) in [5, 5.41) is 7.83. The van der Waals surface area contributed by atoms with Crippen LogP contribution in [0.5, 0.6) is 0 Å². The van der Waals surface area contributed by atoms with Gasteiger partial charge in [0.1, 0.15) is 0 Å². The molecule has 2 aromatic carbocycles. The van der Waals surface area contributed by atoms with E-state index in [1.807, 2.05) is 30.3 Å². The Labute approximate surface area is 151 Å². The van der Waals surface area contributed by atoms with Crippen molar-refractivity contribution in [2.75, 3.05) is 19.0 Å². The molecule has 0 fully saturated rings. The maximum Gasteiger partial charge on any atom is 0.337 e. The minimum Gasteiger partial charge on any atom is -0.465 e. The van der Waals surface area contributed by atoms with Crippen LogP contribution in [0.25, 0.3) is 0 Å². The number of amides is 3. The van der Waals surface area contributed by atoms with Crippen molar-refractivity contribution in [1.82, 2.24) is 10.6 Å². The molecule has 26 heavy (non-hydrogen) atoms. The highest BCUT2D eigenvalue weighted by molar-refractivity contribution is 5.97. The van der Waals surface area contributed by atoms with Gasteiger partial charge in [0.25, 0.3) is 0 Å². The van der Waals surface area contributed by atoms with Gasteiger partial charge in [-0.05, 0) is 30.2 Å². The van der Waals surface area contributed by atoms with Gasteiger partial charge in [0, 0.05) is 12.2 Å². The van der Waals surface area contributed by atoms with Crippen molar-refractivity contribution in [2.45, 2.75) is 13.5 Å². The fourth-order valence-corrected chi connectivity index (χ4v) is 2.20. The number of carbonyl (C=O) groups is 3. The number of hydrogen-bond acceptors (Lipinski definition) is 4. The third kappa shape index (κ3) is 5.62. The van der Waals surface area contributed by atoms with Gasteiger partial charge in [-0.2, -0.15) is 0 Å². The van der Waals surface area contributed by atoms with Crippen LogP contribution in [0.1, 0.15) is 21.5 Å². The molecular weight excluding hydrogens is 334 g/mol. The van der Waals surface area contributed by atoms with Crippen LogP contribution >= 0.6 is 0 Å². The molecule has 0 aliphatic carbocycles. The summed E-state index contributed by atoms with van der Waals surface area (Å²) < 4.78 is 4.66. The highest BCUT2D eigenvalue weighted by atomic mass is 16.5. The SMILES string of the molecule is COC(=O)c1ccc(C)c(NC(=O)CNC(=O)NCc2ccccc2)c1. The second kappa shape index (κ2) is 9.22. The first-order valence-electron chi connectivity index (χ1n) is 8.04. The van der Waals surface area contributed by atoms with Crippen LogP contribution in [0.2, 0.25) is 0 Å². The van der Waals surface area contributed by atoms with Gasteiger partial charge in [-0.1, -0.05) is 36.4 Å². The van der Waals surface area contributed by atoms with E-state index >= 15 is 0 Å². The van der Waals surface area contributed by atoms with E-state index in [0.29, 0.717) is 17.8 Å². The van der Waals surface area contributed by atoms with Crippen LogP contribution in [0.4, 0.5) is 10.5 Å². The number of hydrogen-bond donors (Lipinski definition) is 3. The molecule has 0 aliphatic heterocycles. The highest BCUT2D eigenvalue weighted by Crippen LogP contribution is 2.17. The zero-order valence-corrected chi connectivity index (χ0v) is 14.7. The summed E-state index contributed by atoms with van der Waals surface area (Å²) in [6.45, 7) is 1.98. The molecule has 0 bridgehead atoms. The summed E-state index contributed by atoms with van der Waals surface area (Å²) in [5.74, 6) is -0.885. The van der Waals surface area contributed by atoms with Gasteiger partial charge in [0.05, 0.1) is 19.2 Å². The van der Waals surface area contributed by atoms with E-state index in [0.717, 1.165) is 11.1 Å². The fourth-order valence-electron chi connectivity index (χ4n) is 2.20. The number of benzene rings is 2. The molecule has 0 aliphatic rings. The second-order valence-corrected chi connectivity index (χ2v) is 5.59. The maximum atomic E-state index is 12.0. The summed E-state index contributed by atoms with van der Waals surface area (Å²) in [5.41, 5.74) is 2.58. The lowest BCUT2D eigenvalue weighted by molar-refractivity contribution is -0.115. The van der Waals surface area contributed by atoms with Crippen LogP contribution in [-0.4, -0.2) is 31.6 Å². The quantitative estimate of drug-likeness (QED) is 0.692. The van der Waals surface area contributed by atoms with E-state index < -0.39 is 17.9 Å². The zero-order valence-electron chi connectivity index (χ0n) is 14.7. The lowest BCUT2D eigenvalue weighted by atomic mass is 10.1. The number of ether oxygens (including phenoxy) is 1. The molecule has 0 atom stereocenters. The molecule has 136 valence electrons. The molecule has 0 radical (unpaired) electrons. The Morgan fingerprint density at radius 3 is 2.42 bits per heavy atom. The van der Waals surface area contributed by atoms with Crippen molar-refractivity contribution in [1.29, 1.82) is 0 Å². The van der Waals surface area contributed by atoms with Crippen LogP contribution in [-0.2, 0) is 16.1 Å². The average molecular weight is 355 g/mol. The third-order valence-electron chi connectivity index (χ3n) is 3.64. The smallest absolute Gasteiger partial charge is 0.337 e. The summed E-state index contributed by atoms with van der Waals surface area (Å²) in [4.78, 5) is 35.3. The van der Waals surface area contributed by atoms with Gasteiger partial charge < -0.3 is 20.7 Å². The first kappa shape index (κ1) is 19.0. The molecule has 3 N–H and O–H groups in total. The van der Waals surface area contributed by atoms with Gasteiger partial charge in [0.15, 0.2) is 0 Å². The van der Waals surface area contributed by atoms with Crippen LogP contribution in [0, 0.1) is 6.92 Å². The molecule has 7 nitrogen and oxygen atoms in total. The van der Waals surface area contributed by atoms with E-state index in [1.165, 1.54) is 13.2 Å². The molecule has 7 heteroatoms. The third-order valence-corrected chi connectivity index (χ3v) is 3.64. The fraction of sp³-hybridized carbons (Fsp3) is 0.211. The standard InChI is InChI=1S/C19H21N3O4/c1-13-8-9-15(18(24)26-2)10-16(13)22-17(23)12-21-19(25)20-11-14-6-4-3-5-7-14/h3-10H,11-12H2,1-2H3,(H,22,23)(H2,20,21,25). The minimum atomic E-state index is -0.487. The van der Waals surface area contributed by atoms with Crippen molar-refractivity contribution in [3.05, 3.63) is 65.2 Å². The van der Waals surface area contributed by atoms with E-state index in [9.17, 15) is 14.4 Å². The van der Waals surface area contributed by atoms with Gasteiger partial charge >= 0.3 is 12.0 Å². The van der Waals surface area contributed by atoms with Gasteiger partial charge in [0.2, 0.25) is 5.91 Å². The Hall–Kier alpha value is -3.35. The largest absolute Gasteiger partial charge is 0.465 e. The first-order valence-corrected chi connectivity index (χ1v) is 8.04. The number of rotatable bonds is 6. The molecule has 0 unspecified atom stereocenters. The van der Waals surface area contributed by atoms with Gasteiger partial charge in [-0.3, -0.25) is 4.79 Å². The Bertz CT molecular complexity index is 791. The predicted molar refractivity (Wildman–Crippen MR) is 97.8 cm³/mol. The van der Waals surface area contributed by atoms with Crippen LogP contribution < -0.4 is 16.0 Å². The lowest BCUT2D eigenvalue weighted by Crippen LogP contribution is -2.39. The molecule has 0 aromatic heterocycles. The Morgan fingerprint density at radius 2 is 1.73 bits per heavy atom. The van der Waals surface area contributed by atoms with Crippen molar-refractivity contribution >= 4 is 23.6 Å². The molecule has 3 amide bonds. The molecule has 0 saturated heterocycles. The minimum absolute atomic E-state index is 0.192. The van der Waals surface area contributed by atoms with E-state index in [-0.39, 0.29) is 6.54 Å². The number of aryl methyl sites for hydroxylation is 1. The summed E-state index contributed by atoms with van der Waals surface area (Å²) in [6, 6.07) is 13.9. The molecule has 2 rings (SSSR count). The number of methoxy groups -OCH3 is 1. The number of nitrogens with one attached hydrogen (secondary N) is 3. The van der Waals surface area contributed by atoms with E-state index in [4.69, 9.17) is 0 Å². The van der Waals surface area contributed by atoms with Gasteiger partial charge in [-0.25, -0.2) is 9.59 Å². The predicted octanol–water partition coefficient (Wildman–Crippen LogP) is 2.22.